The average Bonchev–Trinajstić information content (AvgIpc) is 3.27. The third-order valence-electron chi connectivity index (χ3n) is 4.65. The van der Waals surface area contributed by atoms with Gasteiger partial charge in [-0.15, -0.1) is 0 Å². The van der Waals surface area contributed by atoms with Gasteiger partial charge in [-0.1, -0.05) is 12.1 Å². The van der Waals surface area contributed by atoms with Crippen molar-refractivity contribution in [2.75, 3.05) is 13.1 Å². The first-order chi connectivity index (χ1) is 12.1. The molecule has 4 heterocycles. The number of carboxylic acid groups (broad SMARTS) is 1. The molecular weight excluding hydrogens is 320 g/mol. The van der Waals surface area contributed by atoms with Crippen LogP contribution in [0.1, 0.15) is 22.0 Å². The summed E-state index contributed by atoms with van der Waals surface area (Å²) in [4.78, 5) is 30.5. The summed E-state index contributed by atoms with van der Waals surface area (Å²) in [5, 5.41) is 13.7. The Balaban J connectivity index is 1.65. The standard InChI is InChI=1S/C18H16N4O3/c23-17(12-9-20-22-8-4-2-6-16(12)22)21-10-13(14(11-21)18(24)25)15-5-1-3-7-19-15/h1-9,13-14H,10-11H2,(H,24,25). The second-order valence-corrected chi connectivity index (χ2v) is 6.10. The van der Waals surface area contributed by atoms with Gasteiger partial charge in [-0.25, -0.2) is 4.52 Å². The molecule has 1 aliphatic rings. The van der Waals surface area contributed by atoms with Crippen LogP contribution in [-0.2, 0) is 4.79 Å². The van der Waals surface area contributed by atoms with Crippen LogP contribution in [-0.4, -0.2) is 49.6 Å². The number of carboxylic acids is 1. The molecule has 3 aromatic rings. The summed E-state index contributed by atoms with van der Waals surface area (Å²) in [6.45, 7) is 0.497. The lowest BCUT2D eigenvalue weighted by Gasteiger charge is -2.15. The lowest BCUT2D eigenvalue weighted by atomic mass is 9.93. The molecule has 126 valence electrons. The Morgan fingerprint density at radius 2 is 1.96 bits per heavy atom. The molecule has 7 heteroatoms. The van der Waals surface area contributed by atoms with Crippen LogP contribution in [0.2, 0.25) is 0 Å². The fourth-order valence-electron chi connectivity index (χ4n) is 3.38. The Morgan fingerprint density at radius 1 is 1.12 bits per heavy atom. The Kier molecular flexibility index (Phi) is 3.68. The maximum absolute atomic E-state index is 12.9. The summed E-state index contributed by atoms with van der Waals surface area (Å²) in [5.74, 6) is -2.10. The molecule has 2 unspecified atom stereocenters. The van der Waals surface area contributed by atoms with E-state index in [1.807, 2.05) is 30.3 Å². The molecule has 0 bridgehead atoms. The number of amides is 1. The minimum atomic E-state index is -0.911. The topological polar surface area (TPSA) is 87.8 Å². The third-order valence-corrected chi connectivity index (χ3v) is 4.65. The number of carbonyl (C=O) groups is 2. The van der Waals surface area contributed by atoms with Gasteiger partial charge < -0.3 is 10.0 Å². The molecule has 1 fully saturated rings. The van der Waals surface area contributed by atoms with Gasteiger partial charge in [-0.2, -0.15) is 5.10 Å². The molecule has 0 radical (unpaired) electrons. The van der Waals surface area contributed by atoms with Crippen molar-refractivity contribution in [3.8, 4) is 0 Å². The average molecular weight is 336 g/mol. The number of hydrogen-bond donors (Lipinski definition) is 1. The predicted octanol–water partition coefficient (Wildman–Crippen LogP) is 1.67. The van der Waals surface area contributed by atoms with Gasteiger partial charge in [0.05, 0.1) is 23.2 Å². The number of aliphatic carboxylic acids is 1. The highest BCUT2D eigenvalue weighted by Gasteiger charge is 2.41. The first-order valence-corrected chi connectivity index (χ1v) is 8.00. The van der Waals surface area contributed by atoms with Crippen LogP contribution >= 0.6 is 0 Å². The van der Waals surface area contributed by atoms with Crippen LogP contribution in [0.4, 0.5) is 0 Å². The van der Waals surface area contributed by atoms with Gasteiger partial charge in [0.2, 0.25) is 0 Å². The van der Waals surface area contributed by atoms with E-state index in [1.165, 1.54) is 6.20 Å². The Labute approximate surface area is 143 Å². The highest BCUT2D eigenvalue weighted by Crippen LogP contribution is 2.33. The van der Waals surface area contributed by atoms with E-state index in [1.54, 1.807) is 27.9 Å². The molecule has 1 amide bonds. The van der Waals surface area contributed by atoms with Gasteiger partial charge in [0.1, 0.15) is 0 Å². The van der Waals surface area contributed by atoms with Gasteiger partial charge >= 0.3 is 5.97 Å². The van der Waals surface area contributed by atoms with E-state index >= 15 is 0 Å². The quantitative estimate of drug-likeness (QED) is 0.786. The number of hydrogen-bond acceptors (Lipinski definition) is 4. The van der Waals surface area contributed by atoms with Gasteiger partial charge in [-0.3, -0.25) is 14.6 Å². The zero-order chi connectivity index (χ0) is 17.4. The molecule has 1 aliphatic heterocycles. The zero-order valence-corrected chi connectivity index (χ0v) is 13.3. The van der Waals surface area contributed by atoms with E-state index in [9.17, 15) is 14.7 Å². The van der Waals surface area contributed by atoms with Gasteiger partial charge in [0, 0.05) is 37.1 Å². The van der Waals surface area contributed by atoms with Crippen LogP contribution in [0.3, 0.4) is 0 Å². The normalized spacial score (nSPS) is 20.1. The van der Waals surface area contributed by atoms with Crippen molar-refractivity contribution in [3.63, 3.8) is 0 Å². The van der Waals surface area contributed by atoms with Crippen LogP contribution in [0.15, 0.2) is 55.0 Å². The molecule has 0 spiro atoms. The third kappa shape index (κ3) is 2.63. The molecule has 7 nitrogen and oxygen atoms in total. The second-order valence-electron chi connectivity index (χ2n) is 6.10. The lowest BCUT2D eigenvalue weighted by Crippen LogP contribution is -2.29. The van der Waals surface area contributed by atoms with E-state index in [0.717, 1.165) is 0 Å². The molecule has 2 atom stereocenters. The second kappa shape index (κ2) is 6.01. The minimum Gasteiger partial charge on any atom is -0.481 e. The minimum absolute atomic E-state index is 0.166. The Bertz CT molecular complexity index is 938. The molecule has 3 aromatic heterocycles. The molecule has 25 heavy (non-hydrogen) atoms. The molecule has 0 saturated carbocycles. The zero-order valence-electron chi connectivity index (χ0n) is 13.3. The van der Waals surface area contributed by atoms with Gasteiger partial charge in [0.25, 0.3) is 5.91 Å². The van der Waals surface area contributed by atoms with Gasteiger partial charge in [0.15, 0.2) is 0 Å². The number of carbonyl (C=O) groups excluding carboxylic acids is 1. The molecule has 0 aromatic carbocycles. The first-order valence-electron chi connectivity index (χ1n) is 8.00. The smallest absolute Gasteiger partial charge is 0.309 e. The van der Waals surface area contributed by atoms with Crippen LogP contribution in [0.25, 0.3) is 5.52 Å². The van der Waals surface area contributed by atoms with E-state index in [0.29, 0.717) is 23.3 Å². The van der Waals surface area contributed by atoms with Crippen molar-refractivity contribution in [1.82, 2.24) is 19.5 Å². The molecule has 4 rings (SSSR count). The van der Waals surface area contributed by atoms with Crippen molar-refractivity contribution in [2.24, 2.45) is 5.92 Å². The largest absolute Gasteiger partial charge is 0.481 e. The number of likely N-dealkylation sites (tertiary alicyclic amines) is 1. The van der Waals surface area contributed by atoms with E-state index in [4.69, 9.17) is 0 Å². The van der Waals surface area contributed by atoms with Crippen molar-refractivity contribution in [2.45, 2.75) is 5.92 Å². The SMILES string of the molecule is O=C(O)C1CN(C(=O)c2cnn3ccccc23)CC1c1ccccn1. The number of rotatable bonds is 3. The Morgan fingerprint density at radius 3 is 2.72 bits per heavy atom. The van der Waals surface area contributed by atoms with Crippen molar-refractivity contribution >= 4 is 17.4 Å². The lowest BCUT2D eigenvalue weighted by molar-refractivity contribution is -0.141. The van der Waals surface area contributed by atoms with E-state index in [-0.39, 0.29) is 18.4 Å². The molecular formula is C18H16N4O3. The highest BCUT2D eigenvalue weighted by atomic mass is 16.4. The van der Waals surface area contributed by atoms with Crippen LogP contribution in [0.5, 0.6) is 0 Å². The van der Waals surface area contributed by atoms with Crippen LogP contribution in [0, 0.1) is 5.92 Å². The molecule has 1 saturated heterocycles. The summed E-state index contributed by atoms with van der Waals surface area (Å²) >= 11 is 0. The maximum atomic E-state index is 12.9. The predicted molar refractivity (Wildman–Crippen MR) is 89.2 cm³/mol. The number of aromatic nitrogens is 3. The van der Waals surface area contributed by atoms with Crippen molar-refractivity contribution in [1.29, 1.82) is 0 Å². The first kappa shape index (κ1) is 15.3. The summed E-state index contributed by atoms with van der Waals surface area (Å²) in [6, 6.07) is 10.9. The number of fused-ring (bicyclic) bond motifs is 1. The summed E-state index contributed by atoms with van der Waals surface area (Å²) in [5.41, 5.74) is 1.89. The summed E-state index contributed by atoms with van der Waals surface area (Å²) in [7, 11) is 0. The van der Waals surface area contributed by atoms with Crippen molar-refractivity contribution in [3.05, 3.63) is 66.2 Å². The van der Waals surface area contributed by atoms with Gasteiger partial charge in [-0.05, 0) is 24.3 Å². The highest BCUT2D eigenvalue weighted by molar-refractivity contribution is 6.01. The van der Waals surface area contributed by atoms with E-state index in [2.05, 4.69) is 10.1 Å². The van der Waals surface area contributed by atoms with E-state index < -0.39 is 11.9 Å². The summed E-state index contributed by atoms with van der Waals surface area (Å²) in [6.07, 6.45) is 4.94. The van der Waals surface area contributed by atoms with Crippen molar-refractivity contribution < 1.29 is 14.7 Å². The molecule has 0 aliphatic carbocycles. The summed E-state index contributed by atoms with van der Waals surface area (Å²) < 4.78 is 1.63. The van der Waals surface area contributed by atoms with Crippen LogP contribution < -0.4 is 0 Å². The molecule has 1 N–H and O–H groups in total. The fourth-order valence-corrected chi connectivity index (χ4v) is 3.38. The number of pyridine rings is 2. The number of nitrogens with zero attached hydrogens (tertiary/aromatic N) is 4. The Hall–Kier alpha value is -3.22. The monoisotopic (exact) mass is 336 g/mol. The fraction of sp³-hybridized carbons (Fsp3) is 0.222. The maximum Gasteiger partial charge on any atom is 0.309 e.